The van der Waals surface area contributed by atoms with Crippen molar-refractivity contribution in [3.8, 4) is 0 Å². The SMILES string of the molecule is O=C(Cc1ccccc1)c1ccccc1.O=C(Cc1ccccc1)c1ccccc1.O=C(Cc1ccccc1)c1ccccc1.O=C(Cc1ccccc1)c1ccccc1.O=C(Cc1ccccc1)c1ccccc1.O=C(Cc1ccccc1)c1ccccc1.O=C(Cc1ccccc1)c1ccccc1.O=C(c1ccccc1)C(c1ccccc1)[Si](Cl)(Cl)Cl. The van der Waals surface area contributed by atoms with Gasteiger partial charge in [0.2, 0.25) is 0 Å². The lowest BCUT2D eigenvalue weighted by Gasteiger charge is -2.21. The molecule has 1 atom stereocenters. The van der Waals surface area contributed by atoms with E-state index in [1.165, 1.54) is 0 Å². The zero-order valence-corrected chi connectivity index (χ0v) is 71.9. The number of Topliss-reactive ketones (excluding diaryl/α,β-unsaturated/α-hetero) is 8. The van der Waals surface area contributed by atoms with Crippen LogP contribution < -0.4 is 0 Å². The van der Waals surface area contributed by atoms with Gasteiger partial charge in [0.25, 0.3) is 0 Å². The number of carbonyl (C=O) groups excluding carboxylic acids is 8. The van der Waals surface area contributed by atoms with E-state index in [1.54, 1.807) is 24.3 Å². The molecule has 0 bridgehead atoms. The van der Waals surface area contributed by atoms with Gasteiger partial charge in [-0.1, -0.05) is 485 Å². The van der Waals surface area contributed by atoms with Gasteiger partial charge in [0.15, 0.2) is 46.3 Å². The number of benzene rings is 16. The Morgan fingerprint density at radius 3 is 0.403 bits per heavy atom. The lowest BCUT2D eigenvalue weighted by atomic mass is 10.0. The van der Waals surface area contributed by atoms with Crippen LogP contribution in [0.15, 0.2) is 485 Å². The highest BCUT2D eigenvalue weighted by Gasteiger charge is 2.43. The highest BCUT2D eigenvalue weighted by molar-refractivity contribution is 7.65. The van der Waals surface area contributed by atoms with Crippen molar-refractivity contribution in [2.24, 2.45) is 0 Å². The van der Waals surface area contributed by atoms with Gasteiger partial charge in [0.05, 0.1) is 5.54 Å². The zero-order valence-electron chi connectivity index (χ0n) is 68.6. The lowest BCUT2D eigenvalue weighted by molar-refractivity contribution is 0.0978. The summed E-state index contributed by atoms with van der Waals surface area (Å²) in [5.74, 6) is 1.04. The topological polar surface area (TPSA) is 137 Å². The summed E-state index contributed by atoms with van der Waals surface area (Å²) in [5.41, 5.74) is 13.5. The van der Waals surface area contributed by atoms with E-state index < -0.39 is 11.5 Å². The third-order valence-electron chi connectivity index (χ3n) is 18.9. The van der Waals surface area contributed by atoms with Crippen molar-refractivity contribution in [2.75, 3.05) is 0 Å². The molecule has 0 radical (unpaired) electrons. The molecule has 0 fully saturated rings. The van der Waals surface area contributed by atoms with Crippen LogP contribution in [0.25, 0.3) is 0 Å². The lowest BCUT2D eigenvalue weighted by Crippen LogP contribution is -2.30. The molecule has 0 aromatic heterocycles. The predicted molar refractivity (Wildman–Crippen MR) is 510 cm³/mol. The predicted octanol–water partition coefficient (Wildman–Crippen LogP) is 26.6. The number of rotatable bonds is 25. The van der Waals surface area contributed by atoms with E-state index in [0.717, 1.165) is 83.5 Å². The van der Waals surface area contributed by atoms with Crippen LogP contribution >= 0.6 is 33.2 Å². The summed E-state index contributed by atoms with van der Waals surface area (Å²) >= 11 is 18.4. The zero-order chi connectivity index (χ0) is 87.5. The van der Waals surface area contributed by atoms with Crippen molar-refractivity contribution in [1.29, 1.82) is 0 Å². The summed E-state index contributed by atoms with van der Waals surface area (Å²) in [7, 11) is 0. The second-order valence-electron chi connectivity index (χ2n) is 28.3. The normalized spacial score (nSPS) is 10.3. The monoisotopic (exact) mass is 1700 g/mol. The summed E-state index contributed by atoms with van der Waals surface area (Å²) in [6, 6.07) is 149. The summed E-state index contributed by atoms with van der Waals surface area (Å²) in [5, 5.41) is 0. The smallest absolute Gasteiger partial charge is 0.294 e. The summed E-state index contributed by atoms with van der Waals surface area (Å²) in [6.45, 7) is 0. The largest absolute Gasteiger partial charge is 0.355 e. The van der Waals surface area contributed by atoms with Crippen LogP contribution in [0.1, 0.15) is 133 Å². The standard InChI is InChI=1S/C14H11Cl3OSi.7C14H12O/c15-19(16,17)14(12-9-5-2-6-10-12)13(18)11-7-3-1-4-8-11;7*15-14(13-9-5-2-6-10-13)11-12-7-3-1-4-8-12/h1-10,14H;7*1-10H,11H2. The molecule has 16 aromatic rings. The third kappa shape index (κ3) is 35.0. The van der Waals surface area contributed by atoms with E-state index in [0.29, 0.717) is 50.5 Å². The van der Waals surface area contributed by atoms with E-state index in [1.807, 2.05) is 461 Å². The van der Waals surface area contributed by atoms with E-state index in [9.17, 15) is 38.4 Å². The molecule has 8 nitrogen and oxygen atoms in total. The molecule has 0 amide bonds. The maximum atomic E-state index is 12.6. The minimum absolute atomic E-state index is 0.140. The van der Waals surface area contributed by atoms with Crippen LogP contribution in [-0.4, -0.2) is 52.3 Å². The number of hydrogen-bond donors (Lipinski definition) is 0. The molecule has 12 heteroatoms. The highest BCUT2D eigenvalue weighted by atomic mass is 35.8. The average molecular weight is 1700 g/mol. The van der Waals surface area contributed by atoms with Gasteiger partial charge < -0.3 is 0 Å². The first-order valence-corrected chi connectivity index (χ1v) is 45.7. The number of hydrogen-bond acceptors (Lipinski definition) is 8. The first-order chi connectivity index (χ1) is 60.5. The molecule has 0 N–H and O–H groups in total. The van der Waals surface area contributed by atoms with Crippen molar-refractivity contribution in [3.63, 3.8) is 0 Å². The summed E-state index contributed by atoms with van der Waals surface area (Å²) < 4.78 is 0. The average Bonchev–Trinajstić information content (AvgIpc) is 0.803. The van der Waals surface area contributed by atoms with Crippen LogP contribution in [0.4, 0.5) is 0 Å². The Kier molecular flexibility index (Phi) is 40.5. The third-order valence-corrected chi connectivity index (χ3v) is 22.1. The number of halogens is 3. The van der Waals surface area contributed by atoms with Gasteiger partial charge in [-0.3, -0.25) is 38.4 Å². The maximum absolute atomic E-state index is 12.6. The van der Waals surface area contributed by atoms with Gasteiger partial charge in [-0.05, 0) is 44.5 Å². The molecule has 1 unspecified atom stereocenters. The van der Waals surface area contributed by atoms with Gasteiger partial charge >= 0.3 is 6.00 Å². The Balaban J connectivity index is 0.000000161. The summed E-state index contributed by atoms with van der Waals surface area (Å²) in [6.07, 6.45) is 3.34. The molecule has 16 rings (SSSR count). The van der Waals surface area contributed by atoms with E-state index in [4.69, 9.17) is 33.2 Å². The van der Waals surface area contributed by atoms with Crippen LogP contribution in [0.5, 0.6) is 0 Å². The van der Waals surface area contributed by atoms with Gasteiger partial charge in [-0.2, -0.15) is 0 Å². The molecule has 16 aromatic carbocycles. The molecule has 0 aliphatic carbocycles. The van der Waals surface area contributed by atoms with Crippen molar-refractivity contribution < 1.29 is 38.4 Å². The fraction of sp³-hybridized carbons (Fsp3) is 0.0714. The molecule has 0 spiro atoms. The minimum Gasteiger partial charge on any atom is -0.294 e. The second-order valence-corrected chi connectivity index (χ2v) is 37.0. The summed E-state index contributed by atoms with van der Waals surface area (Å²) in [4.78, 5) is 95.3. The van der Waals surface area contributed by atoms with Gasteiger partial charge in [-0.15, -0.1) is 33.2 Å². The van der Waals surface area contributed by atoms with Crippen LogP contribution in [0.2, 0.25) is 0 Å². The fourth-order valence-corrected chi connectivity index (χ4v) is 15.5. The first-order valence-electron chi connectivity index (χ1n) is 40.6. The quantitative estimate of drug-likeness (QED) is 0.0313. The van der Waals surface area contributed by atoms with E-state index >= 15 is 0 Å². The Morgan fingerprint density at radius 2 is 0.274 bits per heavy atom. The maximum Gasteiger partial charge on any atom is 0.355 e. The van der Waals surface area contributed by atoms with Crippen LogP contribution in [-0.2, 0) is 44.9 Å². The molecule has 0 heterocycles. The molecule has 0 aliphatic rings. The molecule has 0 saturated heterocycles. The van der Waals surface area contributed by atoms with Gasteiger partial charge in [-0.25, -0.2) is 0 Å². The first kappa shape index (κ1) is 93.8. The Bertz CT molecular complexity index is 4890. The van der Waals surface area contributed by atoms with Crippen molar-refractivity contribution in [2.45, 2.75) is 50.5 Å². The van der Waals surface area contributed by atoms with Crippen molar-refractivity contribution in [1.82, 2.24) is 0 Å². The molecular weight excluding hydrogens is 1610 g/mol. The van der Waals surface area contributed by atoms with Gasteiger partial charge in [0, 0.05) is 89.5 Å². The van der Waals surface area contributed by atoms with Crippen molar-refractivity contribution in [3.05, 3.63) is 574 Å². The van der Waals surface area contributed by atoms with E-state index in [-0.39, 0.29) is 46.3 Å². The van der Waals surface area contributed by atoms with E-state index in [2.05, 4.69) is 0 Å². The highest BCUT2D eigenvalue weighted by Crippen LogP contribution is 2.39. The molecule has 124 heavy (non-hydrogen) atoms. The molecule has 0 aliphatic heterocycles. The van der Waals surface area contributed by atoms with Crippen molar-refractivity contribution >= 4 is 85.5 Å². The Labute approximate surface area is 743 Å². The Morgan fingerprint density at radius 1 is 0.161 bits per heavy atom. The molecule has 0 saturated carbocycles. The van der Waals surface area contributed by atoms with Crippen LogP contribution in [0, 0.1) is 0 Å². The fourth-order valence-electron chi connectivity index (χ4n) is 12.5. The number of carbonyl (C=O) groups is 8. The van der Waals surface area contributed by atoms with Crippen LogP contribution in [0.3, 0.4) is 0 Å². The Hall–Kier alpha value is -14.0. The second kappa shape index (κ2) is 53.6. The molecule has 616 valence electrons. The molecular formula is C112H95Cl3O8Si. The minimum atomic E-state index is -3.21. The number of ketones is 8. The van der Waals surface area contributed by atoms with Gasteiger partial charge in [0.1, 0.15) is 0 Å².